The van der Waals surface area contributed by atoms with E-state index < -0.39 is 23.9 Å². The second-order valence-electron chi connectivity index (χ2n) is 9.09. The Hall–Kier alpha value is -2.90. The molecule has 8 nitrogen and oxygen atoms in total. The largest absolute Gasteiger partial charge is 0.455 e. The van der Waals surface area contributed by atoms with Gasteiger partial charge in [-0.3, -0.25) is 19.2 Å². The van der Waals surface area contributed by atoms with Gasteiger partial charge in [0.1, 0.15) is 0 Å². The van der Waals surface area contributed by atoms with Crippen LogP contribution < -0.4 is 5.32 Å². The van der Waals surface area contributed by atoms with Crippen LogP contribution in [0.5, 0.6) is 0 Å². The van der Waals surface area contributed by atoms with Crippen molar-refractivity contribution in [2.45, 2.75) is 40.5 Å². The van der Waals surface area contributed by atoms with Gasteiger partial charge in [0.2, 0.25) is 11.8 Å². The van der Waals surface area contributed by atoms with Gasteiger partial charge in [0.25, 0.3) is 5.91 Å². The smallest absolute Gasteiger partial charge is 0.309 e. The van der Waals surface area contributed by atoms with Crippen molar-refractivity contribution in [3.63, 3.8) is 0 Å². The number of carbonyl (C=O) groups excluding carboxylic acids is 4. The molecule has 1 aromatic rings. The van der Waals surface area contributed by atoms with E-state index >= 15 is 0 Å². The first kappa shape index (κ1) is 24.4. The standard InChI is InChI=1S/C23H33N3O5/c1-16-6-8-18(9-7-16)24-19(27)14-25(5)20(28)15-31-21(29)17-10-12-26(13-11-17)22(30)23(2,3)4/h6-9,17H,10-15H2,1-5H3,(H,24,27). The van der Waals surface area contributed by atoms with Gasteiger partial charge >= 0.3 is 5.97 Å². The van der Waals surface area contributed by atoms with Gasteiger partial charge in [-0.1, -0.05) is 38.5 Å². The molecule has 0 aliphatic carbocycles. The van der Waals surface area contributed by atoms with E-state index in [1.165, 1.54) is 11.9 Å². The monoisotopic (exact) mass is 431 g/mol. The number of hydrogen-bond acceptors (Lipinski definition) is 5. The lowest BCUT2D eigenvalue weighted by atomic mass is 9.91. The van der Waals surface area contributed by atoms with Crippen molar-refractivity contribution < 1.29 is 23.9 Å². The van der Waals surface area contributed by atoms with E-state index in [2.05, 4.69) is 5.32 Å². The van der Waals surface area contributed by atoms with E-state index in [1.807, 2.05) is 39.8 Å². The molecule has 3 amide bonds. The molecule has 0 atom stereocenters. The summed E-state index contributed by atoms with van der Waals surface area (Å²) in [7, 11) is 1.49. The van der Waals surface area contributed by atoms with Crippen LogP contribution in [0.2, 0.25) is 0 Å². The summed E-state index contributed by atoms with van der Waals surface area (Å²) < 4.78 is 5.18. The van der Waals surface area contributed by atoms with Crippen molar-refractivity contribution in [2.75, 3.05) is 38.6 Å². The number of likely N-dealkylation sites (tertiary alicyclic amines) is 1. The number of likely N-dealkylation sites (N-methyl/N-ethyl adjacent to an activating group) is 1. The van der Waals surface area contributed by atoms with Gasteiger partial charge in [-0.05, 0) is 31.9 Å². The zero-order valence-corrected chi connectivity index (χ0v) is 19.1. The maximum atomic E-state index is 12.3. The summed E-state index contributed by atoms with van der Waals surface area (Å²) in [6, 6.07) is 7.34. The fourth-order valence-electron chi connectivity index (χ4n) is 3.29. The Morgan fingerprint density at radius 3 is 2.23 bits per heavy atom. The maximum absolute atomic E-state index is 12.3. The molecule has 170 valence electrons. The van der Waals surface area contributed by atoms with Gasteiger partial charge in [-0.2, -0.15) is 0 Å². The van der Waals surface area contributed by atoms with E-state index in [0.717, 1.165) is 5.56 Å². The molecule has 8 heteroatoms. The zero-order chi connectivity index (χ0) is 23.2. The summed E-state index contributed by atoms with van der Waals surface area (Å²) in [5, 5.41) is 2.72. The number of benzene rings is 1. The van der Waals surface area contributed by atoms with Crippen molar-refractivity contribution in [1.82, 2.24) is 9.80 Å². The lowest BCUT2D eigenvalue weighted by Crippen LogP contribution is -2.45. The zero-order valence-electron chi connectivity index (χ0n) is 19.1. The quantitative estimate of drug-likeness (QED) is 0.697. The van der Waals surface area contributed by atoms with E-state index in [0.29, 0.717) is 31.6 Å². The van der Waals surface area contributed by atoms with Gasteiger partial charge in [-0.15, -0.1) is 0 Å². The molecule has 2 rings (SSSR count). The number of piperidine rings is 1. The summed E-state index contributed by atoms with van der Waals surface area (Å²) in [5.74, 6) is -1.48. The number of carbonyl (C=O) groups is 4. The Morgan fingerprint density at radius 2 is 1.68 bits per heavy atom. The van der Waals surface area contributed by atoms with Crippen LogP contribution in [0.25, 0.3) is 0 Å². The number of amides is 3. The Labute approximate surface area is 183 Å². The molecule has 0 radical (unpaired) electrons. The van der Waals surface area contributed by atoms with Crippen LogP contribution >= 0.6 is 0 Å². The fourth-order valence-corrected chi connectivity index (χ4v) is 3.29. The van der Waals surface area contributed by atoms with Gasteiger partial charge in [-0.25, -0.2) is 0 Å². The molecule has 1 heterocycles. The maximum Gasteiger partial charge on any atom is 0.309 e. The topological polar surface area (TPSA) is 96.0 Å². The summed E-state index contributed by atoms with van der Waals surface area (Å²) in [5.41, 5.74) is 1.29. The van der Waals surface area contributed by atoms with Gasteiger partial charge < -0.3 is 19.9 Å². The highest BCUT2D eigenvalue weighted by atomic mass is 16.5. The first-order chi connectivity index (χ1) is 14.5. The van der Waals surface area contributed by atoms with Crippen molar-refractivity contribution in [1.29, 1.82) is 0 Å². The SMILES string of the molecule is Cc1ccc(NC(=O)CN(C)C(=O)COC(=O)C2CCN(C(=O)C(C)(C)C)CC2)cc1. The minimum absolute atomic E-state index is 0.0695. The molecule has 1 aliphatic heterocycles. The Kier molecular flexibility index (Phi) is 8.19. The highest BCUT2D eigenvalue weighted by Gasteiger charge is 2.33. The van der Waals surface area contributed by atoms with Crippen LogP contribution in [0.4, 0.5) is 5.69 Å². The number of anilines is 1. The van der Waals surface area contributed by atoms with Crippen molar-refractivity contribution in [2.24, 2.45) is 11.3 Å². The normalized spacial score (nSPS) is 14.7. The number of nitrogens with zero attached hydrogens (tertiary/aromatic N) is 2. The van der Waals surface area contributed by atoms with Crippen LogP contribution in [0.1, 0.15) is 39.2 Å². The molecule has 1 aromatic carbocycles. The third kappa shape index (κ3) is 7.38. The summed E-state index contributed by atoms with van der Waals surface area (Å²) in [4.78, 5) is 52.0. The molecule has 1 saturated heterocycles. The minimum Gasteiger partial charge on any atom is -0.455 e. The molecule has 1 fully saturated rings. The second-order valence-corrected chi connectivity index (χ2v) is 9.09. The predicted octanol–water partition coefficient (Wildman–Crippen LogP) is 2.22. The molecule has 1 aliphatic rings. The minimum atomic E-state index is -0.451. The molecule has 0 saturated carbocycles. The van der Waals surface area contributed by atoms with Crippen LogP contribution in [0.15, 0.2) is 24.3 Å². The summed E-state index contributed by atoms with van der Waals surface area (Å²) >= 11 is 0. The lowest BCUT2D eigenvalue weighted by molar-refractivity contribution is -0.157. The average Bonchev–Trinajstić information content (AvgIpc) is 2.72. The van der Waals surface area contributed by atoms with Crippen molar-refractivity contribution in [3.8, 4) is 0 Å². The predicted molar refractivity (Wildman–Crippen MR) is 117 cm³/mol. The van der Waals surface area contributed by atoms with Gasteiger partial charge in [0.15, 0.2) is 6.61 Å². The highest BCUT2D eigenvalue weighted by Crippen LogP contribution is 2.24. The number of aryl methyl sites for hydroxylation is 1. The molecule has 31 heavy (non-hydrogen) atoms. The van der Waals surface area contributed by atoms with Crippen molar-refractivity contribution >= 4 is 29.4 Å². The first-order valence-corrected chi connectivity index (χ1v) is 10.5. The van der Waals surface area contributed by atoms with E-state index in [9.17, 15) is 19.2 Å². The lowest BCUT2D eigenvalue weighted by Gasteiger charge is -2.34. The third-order valence-corrected chi connectivity index (χ3v) is 5.24. The van der Waals surface area contributed by atoms with Crippen LogP contribution in [0, 0.1) is 18.3 Å². The molecule has 1 N–H and O–H groups in total. The number of ether oxygens (including phenoxy) is 1. The number of hydrogen-bond donors (Lipinski definition) is 1. The summed E-state index contributed by atoms with van der Waals surface area (Å²) in [6.45, 7) is 8.03. The molecule has 0 aromatic heterocycles. The van der Waals surface area contributed by atoms with Crippen LogP contribution in [0.3, 0.4) is 0 Å². The number of rotatable bonds is 6. The third-order valence-electron chi connectivity index (χ3n) is 5.24. The first-order valence-electron chi connectivity index (χ1n) is 10.5. The van der Waals surface area contributed by atoms with Gasteiger partial charge in [0.05, 0.1) is 12.5 Å². The van der Waals surface area contributed by atoms with Crippen LogP contribution in [-0.4, -0.2) is 66.8 Å². The molecule has 0 spiro atoms. The van der Waals surface area contributed by atoms with Gasteiger partial charge in [0, 0.05) is 31.2 Å². The Bertz CT molecular complexity index is 805. The highest BCUT2D eigenvalue weighted by molar-refractivity contribution is 5.94. The van der Waals surface area contributed by atoms with E-state index in [1.54, 1.807) is 17.0 Å². The Morgan fingerprint density at radius 1 is 1.10 bits per heavy atom. The van der Waals surface area contributed by atoms with Crippen LogP contribution in [-0.2, 0) is 23.9 Å². The van der Waals surface area contributed by atoms with E-state index in [-0.39, 0.29) is 24.3 Å². The summed E-state index contributed by atoms with van der Waals surface area (Å²) in [6.07, 6.45) is 1.03. The number of esters is 1. The molecular weight excluding hydrogens is 398 g/mol. The second kappa shape index (κ2) is 10.4. The fraction of sp³-hybridized carbons (Fsp3) is 0.565. The average molecular weight is 432 g/mol. The molecule has 0 bridgehead atoms. The molecular formula is C23H33N3O5. The van der Waals surface area contributed by atoms with Crippen molar-refractivity contribution in [3.05, 3.63) is 29.8 Å². The Balaban J connectivity index is 1.72. The van der Waals surface area contributed by atoms with E-state index in [4.69, 9.17) is 4.74 Å². The molecule has 0 unspecified atom stereocenters. The number of nitrogens with one attached hydrogen (secondary N) is 1.